The first-order valence-corrected chi connectivity index (χ1v) is 9.03. The molecule has 0 spiro atoms. The molecular formula is C21H24O6. The molecule has 2 heterocycles. The van der Waals surface area contributed by atoms with Gasteiger partial charge in [0.25, 0.3) is 0 Å². The standard InChI is InChI=1S/C21H24O6/c1-5-6-15-10-20(23-3)13(2)19(27-21(20,24-4)11-16(15)22)14-7-8-17-18(9-14)26-12-25-17/h5,7-10,13,19H,1,6,11-12H2,2-4H3/t13-,19+,20+,21-/m0/s1. The summed E-state index contributed by atoms with van der Waals surface area (Å²) in [6.07, 6.45) is 3.87. The number of carbonyl (C=O) groups is 1. The molecule has 0 aromatic heterocycles. The summed E-state index contributed by atoms with van der Waals surface area (Å²) in [5.74, 6) is 0.117. The predicted molar refractivity (Wildman–Crippen MR) is 97.6 cm³/mol. The van der Waals surface area contributed by atoms with Crippen molar-refractivity contribution in [2.45, 2.75) is 37.3 Å². The molecule has 0 N–H and O–H groups in total. The fraction of sp³-hybridized carbons (Fsp3) is 0.476. The molecule has 1 aromatic carbocycles. The number of Topliss-reactive ketones (excluding diaryl/α,β-unsaturated/α-hetero) is 1. The quantitative estimate of drug-likeness (QED) is 0.739. The second-order valence-electron chi connectivity index (χ2n) is 7.16. The van der Waals surface area contributed by atoms with E-state index in [-0.39, 0.29) is 31.0 Å². The van der Waals surface area contributed by atoms with Crippen LogP contribution in [0.25, 0.3) is 0 Å². The minimum absolute atomic E-state index is 0.0111. The molecule has 6 nitrogen and oxygen atoms in total. The summed E-state index contributed by atoms with van der Waals surface area (Å²) in [5, 5.41) is 0. The Hall–Kier alpha value is -2.15. The number of allylic oxidation sites excluding steroid dienone is 2. The fourth-order valence-corrected chi connectivity index (χ4v) is 4.51. The van der Waals surface area contributed by atoms with Crippen LogP contribution in [0.15, 0.2) is 42.5 Å². The average molecular weight is 372 g/mol. The normalized spacial score (nSPS) is 34.3. The highest BCUT2D eigenvalue weighted by Gasteiger charge is 2.67. The van der Waals surface area contributed by atoms with Gasteiger partial charge in [-0.05, 0) is 35.8 Å². The van der Waals surface area contributed by atoms with Crippen LogP contribution in [0.5, 0.6) is 11.5 Å². The molecule has 2 aliphatic heterocycles. The molecular weight excluding hydrogens is 348 g/mol. The van der Waals surface area contributed by atoms with Crippen molar-refractivity contribution in [2.75, 3.05) is 21.0 Å². The van der Waals surface area contributed by atoms with Gasteiger partial charge < -0.3 is 23.7 Å². The van der Waals surface area contributed by atoms with Crippen molar-refractivity contribution in [3.8, 4) is 11.5 Å². The van der Waals surface area contributed by atoms with Gasteiger partial charge in [-0.1, -0.05) is 19.1 Å². The van der Waals surface area contributed by atoms with Crippen molar-refractivity contribution in [2.24, 2.45) is 5.92 Å². The van der Waals surface area contributed by atoms with Gasteiger partial charge in [0.15, 0.2) is 17.3 Å². The van der Waals surface area contributed by atoms with E-state index in [2.05, 4.69) is 13.5 Å². The zero-order valence-electron chi connectivity index (χ0n) is 15.8. The van der Waals surface area contributed by atoms with Gasteiger partial charge in [0.2, 0.25) is 12.6 Å². The van der Waals surface area contributed by atoms with Crippen LogP contribution in [-0.4, -0.2) is 38.2 Å². The molecule has 1 aromatic rings. The molecule has 0 unspecified atom stereocenters. The van der Waals surface area contributed by atoms with E-state index in [4.69, 9.17) is 23.7 Å². The molecule has 0 amide bonds. The summed E-state index contributed by atoms with van der Waals surface area (Å²) in [7, 11) is 3.19. The van der Waals surface area contributed by atoms with Gasteiger partial charge in [0.05, 0.1) is 12.5 Å². The Morgan fingerprint density at radius 2 is 2.04 bits per heavy atom. The number of hydrogen-bond acceptors (Lipinski definition) is 6. The van der Waals surface area contributed by atoms with Gasteiger partial charge in [-0.2, -0.15) is 0 Å². The number of methoxy groups -OCH3 is 2. The number of carbonyl (C=O) groups excluding carboxylic acids is 1. The first kappa shape index (κ1) is 18.2. The van der Waals surface area contributed by atoms with Gasteiger partial charge in [0.1, 0.15) is 5.60 Å². The third-order valence-corrected chi connectivity index (χ3v) is 5.94. The van der Waals surface area contributed by atoms with Crippen molar-refractivity contribution < 1.29 is 28.5 Å². The van der Waals surface area contributed by atoms with E-state index >= 15 is 0 Å². The molecule has 3 aliphatic rings. The summed E-state index contributed by atoms with van der Waals surface area (Å²) in [6.45, 7) is 6.02. The first-order valence-electron chi connectivity index (χ1n) is 9.03. The molecule has 144 valence electrons. The Labute approximate surface area is 158 Å². The maximum absolute atomic E-state index is 12.7. The molecule has 1 fully saturated rings. The molecule has 1 aliphatic carbocycles. The lowest BCUT2D eigenvalue weighted by Gasteiger charge is -2.44. The van der Waals surface area contributed by atoms with Crippen LogP contribution in [0.2, 0.25) is 0 Å². The third kappa shape index (κ3) is 2.47. The zero-order chi connectivity index (χ0) is 19.2. The van der Waals surface area contributed by atoms with E-state index in [0.29, 0.717) is 23.5 Å². The summed E-state index contributed by atoms with van der Waals surface area (Å²) < 4.78 is 29.1. The Kier molecular flexibility index (Phi) is 4.37. The summed E-state index contributed by atoms with van der Waals surface area (Å²) in [6, 6.07) is 5.75. The predicted octanol–water partition coefficient (Wildman–Crippen LogP) is 3.33. The second kappa shape index (κ2) is 6.48. The van der Waals surface area contributed by atoms with Crippen LogP contribution >= 0.6 is 0 Å². The van der Waals surface area contributed by atoms with Crippen molar-refractivity contribution in [1.29, 1.82) is 0 Å². The molecule has 6 heteroatoms. The van der Waals surface area contributed by atoms with Crippen molar-refractivity contribution in [3.63, 3.8) is 0 Å². The Morgan fingerprint density at radius 3 is 2.74 bits per heavy atom. The number of benzene rings is 1. The van der Waals surface area contributed by atoms with Crippen LogP contribution in [0.4, 0.5) is 0 Å². The van der Waals surface area contributed by atoms with E-state index in [1.807, 2.05) is 24.3 Å². The van der Waals surface area contributed by atoms with E-state index in [1.54, 1.807) is 20.3 Å². The minimum atomic E-state index is -1.18. The summed E-state index contributed by atoms with van der Waals surface area (Å²) >= 11 is 0. The topological polar surface area (TPSA) is 63.2 Å². The molecule has 1 saturated heterocycles. The lowest BCUT2D eigenvalue weighted by Crippen LogP contribution is -2.58. The molecule has 4 rings (SSSR count). The van der Waals surface area contributed by atoms with Crippen LogP contribution in [0, 0.1) is 5.92 Å². The highest BCUT2D eigenvalue weighted by Crippen LogP contribution is 2.58. The monoisotopic (exact) mass is 372 g/mol. The zero-order valence-corrected chi connectivity index (χ0v) is 15.8. The van der Waals surface area contributed by atoms with Gasteiger partial charge >= 0.3 is 0 Å². The lowest BCUT2D eigenvalue weighted by molar-refractivity contribution is -0.274. The molecule has 27 heavy (non-hydrogen) atoms. The number of ketones is 1. The maximum Gasteiger partial charge on any atom is 0.231 e. The summed E-state index contributed by atoms with van der Waals surface area (Å²) in [5.41, 5.74) is 0.733. The number of hydrogen-bond donors (Lipinski definition) is 0. The first-order chi connectivity index (χ1) is 13.0. The Morgan fingerprint density at radius 1 is 1.26 bits per heavy atom. The van der Waals surface area contributed by atoms with Crippen LogP contribution in [0.3, 0.4) is 0 Å². The van der Waals surface area contributed by atoms with Crippen molar-refractivity contribution in [1.82, 2.24) is 0 Å². The second-order valence-corrected chi connectivity index (χ2v) is 7.16. The Bertz CT molecular complexity index is 815. The SMILES string of the molecule is C=CCC1=C[C@@]2(OC)[C@@H](C)[C@H](c3ccc4c(c3)OCO4)O[C@@]2(OC)CC1=O. The third-order valence-electron chi connectivity index (χ3n) is 5.94. The van der Waals surface area contributed by atoms with Gasteiger partial charge in [0, 0.05) is 20.1 Å². The van der Waals surface area contributed by atoms with Crippen LogP contribution < -0.4 is 9.47 Å². The van der Waals surface area contributed by atoms with E-state index in [1.165, 1.54) is 0 Å². The highest BCUT2D eigenvalue weighted by molar-refractivity contribution is 5.97. The highest BCUT2D eigenvalue weighted by atomic mass is 16.7. The Balaban J connectivity index is 1.79. The van der Waals surface area contributed by atoms with E-state index < -0.39 is 11.4 Å². The van der Waals surface area contributed by atoms with E-state index in [0.717, 1.165) is 5.56 Å². The van der Waals surface area contributed by atoms with Gasteiger partial charge in [-0.25, -0.2) is 0 Å². The largest absolute Gasteiger partial charge is 0.454 e. The molecule has 0 radical (unpaired) electrons. The minimum Gasteiger partial charge on any atom is -0.454 e. The van der Waals surface area contributed by atoms with E-state index in [9.17, 15) is 4.79 Å². The number of rotatable bonds is 5. The molecule has 0 saturated carbocycles. The fourth-order valence-electron chi connectivity index (χ4n) is 4.51. The smallest absolute Gasteiger partial charge is 0.231 e. The van der Waals surface area contributed by atoms with Crippen LogP contribution in [0.1, 0.15) is 31.4 Å². The van der Waals surface area contributed by atoms with Gasteiger partial charge in [-0.3, -0.25) is 4.79 Å². The maximum atomic E-state index is 12.7. The molecule has 0 bridgehead atoms. The summed E-state index contributed by atoms with van der Waals surface area (Å²) in [4.78, 5) is 12.7. The van der Waals surface area contributed by atoms with Gasteiger partial charge in [-0.15, -0.1) is 6.58 Å². The van der Waals surface area contributed by atoms with Crippen molar-refractivity contribution in [3.05, 3.63) is 48.1 Å². The number of fused-ring (bicyclic) bond motifs is 2. The number of ether oxygens (including phenoxy) is 5. The lowest BCUT2D eigenvalue weighted by atomic mass is 9.72. The average Bonchev–Trinajstić information content (AvgIpc) is 3.24. The van der Waals surface area contributed by atoms with Crippen LogP contribution in [-0.2, 0) is 19.0 Å². The molecule has 4 atom stereocenters. The van der Waals surface area contributed by atoms with Crippen molar-refractivity contribution >= 4 is 5.78 Å².